The monoisotopic (exact) mass is 317 g/mol. The minimum absolute atomic E-state index is 0.0629. The average molecular weight is 317 g/mol. The van der Waals surface area contributed by atoms with Crippen molar-refractivity contribution in [3.8, 4) is 0 Å². The minimum Gasteiger partial charge on any atom is -0.369 e. The van der Waals surface area contributed by atoms with E-state index in [1.54, 1.807) is 18.1 Å². The molecule has 0 aromatic carbocycles. The highest BCUT2D eigenvalue weighted by Crippen LogP contribution is 2.30. The maximum atomic E-state index is 12.8. The summed E-state index contributed by atoms with van der Waals surface area (Å²) in [6.07, 6.45) is 4.41. The lowest BCUT2D eigenvalue weighted by Crippen LogP contribution is -2.30. The maximum absolute atomic E-state index is 12.8. The Bertz CT molecular complexity index is 705. The van der Waals surface area contributed by atoms with Crippen molar-refractivity contribution in [3.63, 3.8) is 0 Å². The van der Waals surface area contributed by atoms with Gasteiger partial charge in [0.25, 0.3) is 5.91 Å². The number of imidazole rings is 1. The lowest BCUT2D eigenvalue weighted by Gasteiger charge is -2.25. The Morgan fingerprint density at radius 3 is 3.04 bits per heavy atom. The zero-order valence-electron chi connectivity index (χ0n) is 14.0. The fraction of sp³-hybridized carbons (Fsp3) is 0.562. The number of amides is 1. The summed E-state index contributed by atoms with van der Waals surface area (Å²) < 4.78 is 7.80. The molecule has 1 amide bonds. The zero-order chi connectivity index (χ0) is 16.6. The molecule has 1 aliphatic rings. The van der Waals surface area contributed by atoms with Crippen molar-refractivity contribution in [2.45, 2.75) is 52.5 Å². The van der Waals surface area contributed by atoms with Gasteiger partial charge in [0.15, 0.2) is 5.69 Å². The molecule has 0 radical (unpaired) electrons. The molecule has 124 valence electrons. The highest BCUT2D eigenvalue weighted by atomic mass is 16.5. The van der Waals surface area contributed by atoms with Crippen molar-refractivity contribution >= 4 is 5.91 Å². The molecule has 0 saturated heterocycles. The van der Waals surface area contributed by atoms with Gasteiger partial charge < -0.3 is 14.2 Å². The summed E-state index contributed by atoms with van der Waals surface area (Å²) in [6.45, 7) is 7.34. The molecule has 7 nitrogen and oxygen atoms in total. The lowest BCUT2D eigenvalue weighted by molar-refractivity contribution is -0.00701. The van der Waals surface area contributed by atoms with Crippen LogP contribution in [0.2, 0.25) is 0 Å². The van der Waals surface area contributed by atoms with Crippen LogP contribution in [0, 0.1) is 0 Å². The zero-order valence-corrected chi connectivity index (χ0v) is 14.0. The summed E-state index contributed by atoms with van der Waals surface area (Å²) in [4.78, 5) is 18.8. The van der Waals surface area contributed by atoms with E-state index in [9.17, 15) is 4.79 Å². The Kier molecular flexibility index (Phi) is 4.21. The second kappa shape index (κ2) is 6.16. The quantitative estimate of drug-likeness (QED) is 0.935. The molecule has 2 aromatic heterocycles. The molecule has 2 aromatic rings. The third kappa shape index (κ3) is 2.88. The number of nitrogens with zero attached hydrogens (tertiary/aromatic N) is 4. The molecule has 2 atom stereocenters. The average Bonchev–Trinajstić information content (AvgIpc) is 3.12. The topological polar surface area (TPSA) is 76.0 Å². The van der Waals surface area contributed by atoms with E-state index in [0.717, 1.165) is 23.6 Å². The van der Waals surface area contributed by atoms with E-state index >= 15 is 0 Å². The predicted octanol–water partition coefficient (Wildman–Crippen LogP) is 1.92. The van der Waals surface area contributed by atoms with Crippen molar-refractivity contribution in [1.29, 1.82) is 0 Å². The Balaban J connectivity index is 1.81. The second-order valence-corrected chi connectivity index (χ2v) is 6.05. The summed E-state index contributed by atoms with van der Waals surface area (Å²) in [5.74, 6) is 0.785. The van der Waals surface area contributed by atoms with Crippen LogP contribution in [0.15, 0.2) is 12.4 Å². The number of hydrogen-bond acceptors (Lipinski definition) is 4. The number of carbonyl (C=O) groups excluding carboxylic acids is 1. The Morgan fingerprint density at radius 1 is 1.52 bits per heavy atom. The second-order valence-electron chi connectivity index (χ2n) is 6.05. The summed E-state index contributed by atoms with van der Waals surface area (Å²) in [6, 6.07) is 0. The van der Waals surface area contributed by atoms with E-state index in [0.29, 0.717) is 18.7 Å². The van der Waals surface area contributed by atoms with Gasteiger partial charge in [-0.3, -0.25) is 9.89 Å². The number of rotatable bonds is 4. The van der Waals surface area contributed by atoms with E-state index in [-0.39, 0.29) is 18.1 Å². The van der Waals surface area contributed by atoms with Crippen molar-refractivity contribution in [1.82, 2.24) is 24.6 Å². The summed E-state index contributed by atoms with van der Waals surface area (Å²) in [5.41, 5.74) is 2.39. The van der Waals surface area contributed by atoms with Crippen LogP contribution in [0.5, 0.6) is 0 Å². The van der Waals surface area contributed by atoms with Gasteiger partial charge in [-0.1, -0.05) is 0 Å². The van der Waals surface area contributed by atoms with Gasteiger partial charge in [0.2, 0.25) is 0 Å². The molecule has 1 N–H and O–H groups in total. The van der Waals surface area contributed by atoms with Crippen LogP contribution in [0.1, 0.15) is 54.4 Å². The Hall–Kier alpha value is -2.15. The first kappa shape index (κ1) is 15.7. The summed E-state index contributed by atoms with van der Waals surface area (Å²) >= 11 is 0. The van der Waals surface area contributed by atoms with E-state index in [4.69, 9.17) is 4.74 Å². The van der Waals surface area contributed by atoms with Gasteiger partial charge in [0.1, 0.15) is 5.82 Å². The number of aromatic amines is 1. The van der Waals surface area contributed by atoms with Crippen LogP contribution >= 0.6 is 0 Å². The van der Waals surface area contributed by atoms with E-state index in [2.05, 4.69) is 22.1 Å². The molecule has 3 rings (SSSR count). The molecule has 0 aliphatic carbocycles. The predicted molar refractivity (Wildman–Crippen MR) is 85.0 cm³/mol. The Labute approximate surface area is 135 Å². The number of nitrogens with one attached hydrogen (secondary N) is 1. The molecule has 0 spiro atoms. The van der Waals surface area contributed by atoms with Crippen molar-refractivity contribution in [3.05, 3.63) is 35.2 Å². The first-order valence-corrected chi connectivity index (χ1v) is 7.99. The molecule has 0 saturated carbocycles. The van der Waals surface area contributed by atoms with Gasteiger partial charge in [-0.05, 0) is 20.8 Å². The molecule has 3 heterocycles. The molecule has 7 heteroatoms. The summed E-state index contributed by atoms with van der Waals surface area (Å²) in [5, 5.41) is 7.22. The molecule has 0 fully saturated rings. The number of aromatic nitrogens is 4. The number of H-pyrrole nitrogens is 1. The van der Waals surface area contributed by atoms with Crippen LogP contribution in [0.4, 0.5) is 0 Å². The van der Waals surface area contributed by atoms with E-state index in [1.807, 2.05) is 24.6 Å². The van der Waals surface area contributed by atoms with Gasteiger partial charge in [-0.15, -0.1) is 0 Å². The number of carbonyl (C=O) groups is 1. The molecule has 0 unspecified atom stereocenters. The highest BCUT2D eigenvalue weighted by Gasteiger charge is 2.30. The molecular formula is C16H23N5O2. The van der Waals surface area contributed by atoms with Crippen LogP contribution in [-0.4, -0.2) is 43.7 Å². The first-order chi connectivity index (χ1) is 11.0. The number of fused-ring (bicyclic) bond motifs is 1. The van der Waals surface area contributed by atoms with Crippen LogP contribution in [-0.2, 0) is 24.2 Å². The third-order valence-corrected chi connectivity index (χ3v) is 4.30. The van der Waals surface area contributed by atoms with Gasteiger partial charge in [0.05, 0.1) is 24.4 Å². The molecule has 0 bridgehead atoms. The fourth-order valence-corrected chi connectivity index (χ4v) is 3.09. The highest BCUT2D eigenvalue weighted by molar-refractivity contribution is 5.93. The van der Waals surface area contributed by atoms with Crippen molar-refractivity contribution in [2.24, 2.45) is 0 Å². The fourth-order valence-electron chi connectivity index (χ4n) is 3.09. The Morgan fingerprint density at radius 2 is 2.30 bits per heavy atom. The number of aryl methyl sites for hydroxylation is 1. The molecular weight excluding hydrogens is 294 g/mol. The van der Waals surface area contributed by atoms with Gasteiger partial charge in [-0.25, -0.2) is 4.98 Å². The van der Waals surface area contributed by atoms with Gasteiger partial charge in [0, 0.05) is 38.0 Å². The first-order valence-electron chi connectivity index (χ1n) is 7.99. The SMILES string of the molecule is CCn1ccnc1CN(C)C(=O)c1n[nH]c2c1C[C@H](C)O[C@@H]2C. The normalized spacial score (nSPS) is 20.3. The van der Waals surface area contributed by atoms with Gasteiger partial charge >= 0.3 is 0 Å². The van der Waals surface area contributed by atoms with Crippen LogP contribution < -0.4 is 0 Å². The standard InChI is InChI=1S/C16H23N5O2/c1-5-21-7-6-17-13(21)9-20(4)16(22)15-12-8-10(2)23-11(3)14(12)18-19-15/h6-7,10-11H,5,8-9H2,1-4H3,(H,18,19)/t10-,11+/m0/s1. The largest absolute Gasteiger partial charge is 0.369 e. The summed E-state index contributed by atoms with van der Waals surface area (Å²) in [7, 11) is 1.78. The van der Waals surface area contributed by atoms with Crippen LogP contribution in [0.25, 0.3) is 0 Å². The minimum atomic E-state index is -0.0885. The van der Waals surface area contributed by atoms with E-state index < -0.39 is 0 Å². The van der Waals surface area contributed by atoms with Crippen molar-refractivity contribution in [2.75, 3.05) is 7.05 Å². The van der Waals surface area contributed by atoms with Crippen molar-refractivity contribution < 1.29 is 9.53 Å². The lowest BCUT2D eigenvalue weighted by atomic mass is 9.99. The number of hydrogen-bond donors (Lipinski definition) is 1. The smallest absolute Gasteiger partial charge is 0.274 e. The van der Waals surface area contributed by atoms with Crippen LogP contribution in [0.3, 0.4) is 0 Å². The molecule has 1 aliphatic heterocycles. The maximum Gasteiger partial charge on any atom is 0.274 e. The third-order valence-electron chi connectivity index (χ3n) is 4.30. The van der Waals surface area contributed by atoms with E-state index in [1.165, 1.54) is 0 Å². The molecule has 23 heavy (non-hydrogen) atoms. The van der Waals surface area contributed by atoms with Gasteiger partial charge in [-0.2, -0.15) is 5.10 Å². The number of ether oxygens (including phenoxy) is 1.